The molecular formula is C40H48Cl2N6O9S2. The fourth-order valence-electron chi connectivity index (χ4n) is 7.70. The average molecular weight is 892 g/mol. The van der Waals surface area contributed by atoms with Gasteiger partial charge in [-0.05, 0) is 60.8 Å². The summed E-state index contributed by atoms with van der Waals surface area (Å²) in [6.07, 6.45) is 5.43. The van der Waals surface area contributed by atoms with Gasteiger partial charge in [0.1, 0.15) is 18.1 Å². The Bertz CT molecular complexity index is 1950. The van der Waals surface area contributed by atoms with Crippen LogP contribution in [0.1, 0.15) is 97.0 Å². The molecule has 3 aliphatic rings. The lowest BCUT2D eigenvalue weighted by Gasteiger charge is -2.35. The molecule has 59 heavy (non-hydrogen) atoms. The number of primary amides is 1. The lowest BCUT2D eigenvalue weighted by molar-refractivity contribution is -0.143. The second kappa shape index (κ2) is 20.8. The molecule has 4 atom stereocenters. The fourth-order valence-corrected chi connectivity index (χ4v) is 11.4. The Labute approximate surface area is 360 Å². The first-order chi connectivity index (χ1) is 28.1. The summed E-state index contributed by atoms with van der Waals surface area (Å²) in [5.41, 5.74) is 5.25. The molecule has 2 aromatic rings. The van der Waals surface area contributed by atoms with Crippen molar-refractivity contribution in [1.29, 1.82) is 0 Å². The number of hydrogen-bond donors (Lipinski definition) is 6. The van der Waals surface area contributed by atoms with Crippen molar-refractivity contribution >= 4 is 93.9 Å². The molecule has 0 aromatic heterocycles. The van der Waals surface area contributed by atoms with Gasteiger partial charge in [0.15, 0.2) is 0 Å². The highest BCUT2D eigenvalue weighted by Crippen LogP contribution is 2.50. The Morgan fingerprint density at radius 3 is 2.15 bits per heavy atom. The van der Waals surface area contributed by atoms with E-state index in [-0.39, 0.29) is 40.9 Å². The summed E-state index contributed by atoms with van der Waals surface area (Å²) < 4.78 is -0.547. The number of carbonyl (C=O) groups excluding carboxylic acids is 7. The normalized spacial score (nSPS) is 19.2. The standard InChI is InChI=1S/C40H48Cl2N6O9S2/c1-2-10-28(33(50)37(54)44-20-30(49)46-31(34(43)51)22-11-5-3-6-12-22)45-36(53)29-19-40(58-15-9-16-59-40)21-48(29)38(55)32(23-13-7-4-8-14-23)47-35(52)24-17-26(41)27(42)18-25(24)39(56)57/h3,5-6,11-12,17-18,23,28-29,31-32H,2,4,7-10,13-16,19-21H2,1H3,(H2,43,51)(H,44,54)(H,45,53)(H,46,49)(H,47,52)(H,56,57)/t28?,29-,31?,32-/m0/s1. The molecule has 6 amide bonds. The minimum Gasteiger partial charge on any atom is -0.478 e. The van der Waals surface area contributed by atoms with Crippen LogP contribution in [0.2, 0.25) is 10.0 Å². The van der Waals surface area contributed by atoms with Gasteiger partial charge in [0.25, 0.3) is 11.8 Å². The summed E-state index contributed by atoms with van der Waals surface area (Å²) >= 11 is 15.6. The fraction of sp³-hybridized carbons (Fsp3) is 0.500. The minimum atomic E-state index is -1.41. The number of halogens is 2. The van der Waals surface area contributed by atoms with Gasteiger partial charge in [-0.3, -0.25) is 33.6 Å². The van der Waals surface area contributed by atoms with Crippen LogP contribution in [0.3, 0.4) is 0 Å². The highest BCUT2D eigenvalue weighted by atomic mass is 35.5. The number of benzene rings is 2. The smallest absolute Gasteiger partial charge is 0.336 e. The van der Waals surface area contributed by atoms with Gasteiger partial charge in [-0.2, -0.15) is 0 Å². The Kier molecular flexibility index (Phi) is 16.1. The first-order valence-electron chi connectivity index (χ1n) is 19.5. The maximum atomic E-state index is 14.9. The molecular weight excluding hydrogens is 844 g/mol. The first-order valence-corrected chi connectivity index (χ1v) is 22.2. The molecule has 15 nitrogen and oxygen atoms in total. The molecule has 2 aliphatic heterocycles. The lowest BCUT2D eigenvalue weighted by Crippen LogP contribution is -2.58. The number of thioether (sulfide) groups is 2. The van der Waals surface area contributed by atoms with Crippen LogP contribution in [-0.2, 0) is 28.8 Å². The molecule has 5 rings (SSSR count). The van der Waals surface area contributed by atoms with Crippen molar-refractivity contribution in [2.75, 3.05) is 24.6 Å². The van der Waals surface area contributed by atoms with Crippen LogP contribution in [0.5, 0.6) is 0 Å². The zero-order chi connectivity index (χ0) is 42.9. The highest BCUT2D eigenvalue weighted by Gasteiger charge is 2.52. The summed E-state index contributed by atoms with van der Waals surface area (Å²) in [5.74, 6) is -5.86. The van der Waals surface area contributed by atoms with E-state index in [2.05, 4.69) is 21.3 Å². The third-order valence-corrected chi connectivity index (χ3v) is 14.7. The number of rotatable bonds is 16. The van der Waals surface area contributed by atoms with Crippen molar-refractivity contribution in [3.05, 3.63) is 69.2 Å². The third kappa shape index (κ3) is 11.5. The topological polar surface area (TPSA) is 234 Å². The molecule has 1 saturated carbocycles. The summed E-state index contributed by atoms with van der Waals surface area (Å²) in [6, 6.07) is 5.82. The number of likely N-dealkylation sites (tertiary alicyclic amines) is 1. The van der Waals surface area contributed by atoms with E-state index in [1.165, 1.54) is 4.90 Å². The number of carboxylic acid groups (broad SMARTS) is 1. The predicted molar refractivity (Wildman–Crippen MR) is 225 cm³/mol. The predicted octanol–water partition coefficient (Wildman–Crippen LogP) is 3.85. The van der Waals surface area contributed by atoms with E-state index in [0.717, 1.165) is 49.3 Å². The summed E-state index contributed by atoms with van der Waals surface area (Å²) in [6.45, 7) is 1.28. The van der Waals surface area contributed by atoms with Gasteiger partial charge in [-0.25, -0.2) is 4.79 Å². The van der Waals surface area contributed by atoms with Crippen LogP contribution in [0.4, 0.5) is 0 Å². The van der Waals surface area contributed by atoms with Crippen LogP contribution in [-0.4, -0.2) is 104 Å². The van der Waals surface area contributed by atoms with E-state index >= 15 is 0 Å². The average Bonchev–Trinajstić information content (AvgIpc) is 3.60. The number of aromatic carboxylic acids is 1. The molecule has 3 fully saturated rings. The number of amides is 6. The molecule has 0 radical (unpaired) electrons. The van der Waals surface area contributed by atoms with Gasteiger partial charge in [0.05, 0.1) is 37.8 Å². The Balaban J connectivity index is 1.34. The van der Waals surface area contributed by atoms with Crippen LogP contribution < -0.4 is 27.0 Å². The first kappa shape index (κ1) is 45.8. The summed E-state index contributed by atoms with van der Waals surface area (Å²) in [4.78, 5) is 108. The number of nitrogens with two attached hydrogens (primary N) is 1. The monoisotopic (exact) mass is 890 g/mol. The molecule has 19 heteroatoms. The Morgan fingerprint density at radius 1 is 0.898 bits per heavy atom. The largest absolute Gasteiger partial charge is 0.478 e. The summed E-state index contributed by atoms with van der Waals surface area (Å²) in [5, 5.41) is 20.0. The van der Waals surface area contributed by atoms with Crippen LogP contribution in [0.25, 0.3) is 0 Å². The zero-order valence-corrected chi connectivity index (χ0v) is 35.6. The van der Waals surface area contributed by atoms with Crippen molar-refractivity contribution in [3.63, 3.8) is 0 Å². The number of carboxylic acids is 1. The molecule has 0 bridgehead atoms. The molecule has 2 aromatic carbocycles. The van der Waals surface area contributed by atoms with E-state index < -0.39 is 87.6 Å². The minimum absolute atomic E-state index is 0.0418. The quantitative estimate of drug-likeness (QED) is 0.133. The van der Waals surface area contributed by atoms with E-state index in [4.69, 9.17) is 28.9 Å². The van der Waals surface area contributed by atoms with Gasteiger partial charge < -0.3 is 37.0 Å². The van der Waals surface area contributed by atoms with Crippen molar-refractivity contribution in [2.24, 2.45) is 11.7 Å². The maximum absolute atomic E-state index is 14.9. The van der Waals surface area contributed by atoms with Crippen molar-refractivity contribution in [1.82, 2.24) is 26.2 Å². The van der Waals surface area contributed by atoms with E-state index in [9.17, 15) is 43.5 Å². The van der Waals surface area contributed by atoms with Crippen molar-refractivity contribution in [3.8, 4) is 0 Å². The molecule has 7 N–H and O–H groups in total. The molecule has 2 saturated heterocycles. The number of hydrogen-bond acceptors (Lipinski definition) is 10. The highest BCUT2D eigenvalue weighted by molar-refractivity contribution is 8.18. The summed E-state index contributed by atoms with van der Waals surface area (Å²) in [7, 11) is 0. The molecule has 2 heterocycles. The van der Waals surface area contributed by atoms with E-state index in [0.29, 0.717) is 24.8 Å². The number of nitrogens with zero attached hydrogens (tertiary/aromatic N) is 1. The van der Waals surface area contributed by atoms with E-state index in [1.807, 2.05) is 0 Å². The lowest BCUT2D eigenvalue weighted by atomic mass is 9.83. The molecule has 318 valence electrons. The number of ketones is 1. The third-order valence-electron chi connectivity index (χ3n) is 10.7. The van der Waals surface area contributed by atoms with Gasteiger partial charge in [0, 0.05) is 13.0 Å². The van der Waals surface area contributed by atoms with Crippen LogP contribution >= 0.6 is 46.7 Å². The Morgan fingerprint density at radius 2 is 1.54 bits per heavy atom. The molecule has 2 unspecified atom stereocenters. The zero-order valence-electron chi connectivity index (χ0n) is 32.4. The van der Waals surface area contributed by atoms with Gasteiger partial charge in [-0.1, -0.05) is 86.1 Å². The number of nitrogens with one attached hydrogen (secondary N) is 4. The number of Topliss-reactive ketones (excluding diaryl/α,β-unsaturated/α-hetero) is 1. The van der Waals surface area contributed by atoms with E-state index in [1.54, 1.807) is 60.8 Å². The second-order valence-corrected chi connectivity index (χ2v) is 18.9. The second-order valence-electron chi connectivity index (χ2n) is 14.8. The van der Waals surface area contributed by atoms with Gasteiger partial charge in [-0.15, -0.1) is 23.5 Å². The van der Waals surface area contributed by atoms with Crippen molar-refractivity contribution < 1.29 is 43.5 Å². The number of carbonyl (C=O) groups is 8. The SMILES string of the molecule is CCCC(NC(=O)[C@@H]1CC2(CN1C(=O)[C@@H](NC(=O)c1cc(Cl)c(Cl)cc1C(=O)O)C1CCCCC1)SCCCS2)C(=O)C(=O)NCC(=O)NC(C(N)=O)c1ccccc1. The van der Waals surface area contributed by atoms with Gasteiger partial charge >= 0.3 is 5.97 Å². The molecule has 1 spiro atoms. The van der Waals surface area contributed by atoms with Gasteiger partial charge in [0.2, 0.25) is 29.4 Å². The molecule has 1 aliphatic carbocycles. The van der Waals surface area contributed by atoms with Crippen LogP contribution in [0.15, 0.2) is 42.5 Å². The van der Waals surface area contributed by atoms with Crippen LogP contribution in [0, 0.1) is 5.92 Å². The van der Waals surface area contributed by atoms with Crippen molar-refractivity contribution in [2.45, 2.75) is 93.0 Å². The Hall–Kier alpha value is -4.32. The maximum Gasteiger partial charge on any atom is 0.336 e.